The van der Waals surface area contributed by atoms with Crippen LogP contribution in [0.15, 0.2) is 55.1 Å². The number of amides is 2. The van der Waals surface area contributed by atoms with E-state index in [1.165, 1.54) is 4.90 Å². The van der Waals surface area contributed by atoms with Crippen molar-refractivity contribution in [2.75, 3.05) is 20.4 Å². The van der Waals surface area contributed by atoms with Crippen molar-refractivity contribution < 1.29 is 19.1 Å². The standard InChI is InChI=1S/C24H23N3O4/c1-3-14-10-17-16-6-4-5-7-18(16)25-23(17)22(26-21(28)12-27(2)24(14)29)15-8-9-19-20(11-15)31-13-30-19/h3-9,11,14,22,25H,1,10,12-13H2,2H3,(H,26,28)/t14-,22-/m1/s1. The van der Waals surface area contributed by atoms with E-state index in [1.54, 1.807) is 13.1 Å². The van der Waals surface area contributed by atoms with Crippen molar-refractivity contribution in [2.24, 2.45) is 5.92 Å². The van der Waals surface area contributed by atoms with Crippen LogP contribution in [0.4, 0.5) is 0 Å². The number of hydrogen-bond donors (Lipinski definition) is 2. The van der Waals surface area contributed by atoms with Crippen molar-refractivity contribution in [3.05, 3.63) is 71.9 Å². The van der Waals surface area contributed by atoms with Crippen LogP contribution in [0.1, 0.15) is 22.9 Å². The summed E-state index contributed by atoms with van der Waals surface area (Å²) in [4.78, 5) is 30.8. The molecule has 158 valence electrons. The van der Waals surface area contributed by atoms with Gasteiger partial charge < -0.3 is 24.7 Å². The van der Waals surface area contributed by atoms with E-state index in [9.17, 15) is 9.59 Å². The van der Waals surface area contributed by atoms with E-state index < -0.39 is 12.0 Å². The normalized spacial score (nSPS) is 21.0. The maximum Gasteiger partial charge on any atom is 0.240 e. The Kier molecular flexibility index (Phi) is 4.66. The Balaban J connectivity index is 1.70. The van der Waals surface area contributed by atoms with E-state index in [0.717, 1.165) is 27.7 Å². The molecule has 5 rings (SSSR count). The van der Waals surface area contributed by atoms with E-state index in [1.807, 2.05) is 42.5 Å². The molecule has 7 heteroatoms. The number of aromatic nitrogens is 1. The van der Waals surface area contributed by atoms with Crippen molar-refractivity contribution in [1.82, 2.24) is 15.2 Å². The smallest absolute Gasteiger partial charge is 0.240 e. The summed E-state index contributed by atoms with van der Waals surface area (Å²) in [7, 11) is 1.64. The molecular weight excluding hydrogens is 394 g/mol. The first kappa shape index (κ1) is 19.2. The van der Waals surface area contributed by atoms with Gasteiger partial charge in [0.15, 0.2) is 11.5 Å². The molecule has 31 heavy (non-hydrogen) atoms. The summed E-state index contributed by atoms with van der Waals surface area (Å²) < 4.78 is 11.0. The number of ether oxygens (including phenoxy) is 2. The van der Waals surface area contributed by atoms with Crippen molar-refractivity contribution in [2.45, 2.75) is 12.5 Å². The minimum Gasteiger partial charge on any atom is -0.454 e. The molecule has 0 spiro atoms. The average Bonchev–Trinajstić information content (AvgIpc) is 3.38. The van der Waals surface area contributed by atoms with E-state index >= 15 is 0 Å². The highest BCUT2D eigenvalue weighted by Crippen LogP contribution is 2.38. The third-order valence-electron chi connectivity index (χ3n) is 5.95. The fourth-order valence-electron chi connectivity index (χ4n) is 4.38. The largest absolute Gasteiger partial charge is 0.454 e. The van der Waals surface area contributed by atoms with Crippen molar-refractivity contribution in [3.8, 4) is 11.5 Å². The molecular formula is C24H23N3O4. The summed E-state index contributed by atoms with van der Waals surface area (Å²) in [5, 5.41) is 4.14. The Labute approximate surface area is 179 Å². The predicted octanol–water partition coefficient (Wildman–Crippen LogP) is 2.92. The van der Waals surface area contributed by atoms with Crippen molar-refractivity contribution in [1.29, 1.82) is 0 Å². The second-order valence-electron chi connectivity index (χ2n) is 7.92. The summed E-state index contributed by atoms with van der Waals surface area (Å²) in [5.74, 6) is 0.545. The number of nitrogens with one attached hydrogen (secondary N) is 2. The van der Waals surface area contributed by atoms with E-state index in [4.69, 9.17) is 9.47 Å². The van der Waals surface area contributed by atoms with Gasteiger partial charge in [-0.2, -0.15) is 0 Å². The first-order valence-corrected chi connectivity index (χ1v) is 10.2. The number of likely N-dealkylation sites (N-methyl/N-ethyl adjacent to an activating group) is 1. The first-order chi connectivity index (χ1) is 15.0. The lowest BCUT2D eigenvalue weighted by molar-refractivity contribution is -0.137. The van der Waals surface area contributed by atoms with Gasteiger partial charge in [-0.25, -0.2) is 0 Å². The van der Waals surface area contributed by atoms with Gasteiger partial charge in [-0.1, -0.05) is 30.3 Å². The van der Waals surface area contributed by atoms with Crippen LogP contribution >= 0.6 is 0 Å². The third-order valence-corrected chi connectivity index (χ3v) is 5.95. The molecule has 2 aliphatic heterocycles. The lowest BCUT2D eigenvalue weighted by atomic mass is 9.91. The van der Waals surface area contributed by atoms with Gasteiger partial charge in [0.25, 0.3) is 0 Å². The lowest BCUT2D eigenvalue weighted by Gasteiger charge is -2.27. The van der Waals surface area contributed by atoms with Gasteiger partial charge in [0, 0.05) is 23.6 Å². The highest BCUT2D eigenvalue weighted by molar-refractivity contribution is 5.90. The number of carbonyl (C=O) groups is 2. The molecule has 2 aliphatic rings. The molecule has 3 heterocycles. The maximum absolute atomic E-state index is 12.9. The topological polar surface area (TPSA) is 83.7 Å². The highest BCUT2D eigenvalue weighted by atomic mass is 16.7. The molecule has 0 fully saturated rings. The van der Waals surface area contributed by atoms with Gasteiger partial charge in [-0.15, -0.1) is 6.58 Å². The number of hydrogen-bond acceptors (Lipinski definition) is 4. The minimum absolute atomic E-state index is 0.0280. The molecule has 2 atom stereocenters. The second kappa shape index (κ2) is 7.50. The van der Waals surface area contributed by atoms with Crippen molar-refractivity contribution >= 4 is 22.7 Å². The number of carbonyl (C=O) groups excluding carboxylic acids is 2. The monoisotopic (exact) mass is 417 g/mol. The number of para-hydroxylation sites is 1. The van der Waals surface area contributed by atoms with Gasteiger partial charge in [-0.05, 0) is 35.7 Å². The van der Waals surface area contributed by atoms with Gasteiger partial charge in [-0.3, -0.25) is 9.59 Å². The van der Waals surface area contributed by atoms with Gasteiger partial charge in [0.2, 0.25) is 18.6 Å². The Hall–Kier alpha value is -3.74. The summed E-state index contributed by atoms with van der Waals surface area (Å²) in [5.41, 5.74) is 3.68. The van der Waals surface area contributed by atoms with Crippen LogP contribution < -0.4 is 14.8 Å². The van der Waals surface area contributed by atoms with Crippen LogP contribution in [0.5, 0.6) is 11.5 Å². The predicted molar refractivity (Wildman–Crippen MR) is 116 cm³/mol. The molecule has 0 unspecified atom stereocenters. The number of H-pyrrole nitrogens is 1. The Morgan fingerprint density at radius 2 is 1.94 bits per heavy atom. The zero-order chi connectivity index (χ0) is 21.5. The number of rotatable bonds is 2. The fraction of sp³-hybridized carbons (Fsp3) is 0.250. The molecule has 0 aliphatic carbocycles. The quantitative estimate of drug-likeness (QED) is 0.628. The summed E-state index contributed by atoms with van der Waals surface area (Å²) in [6.45, 7) is 4.03. The van der Waals surface area contributed by atoms with Crippen LogP contribution in [0, 0.1) is 5.92 Å². The highest BCUT2D eigenvalue weighted by Gasteiger charge is 2.31. The van der Waals surface area contributed by atoms with E-state index in [0.29, 0.717) is 17.9 Å². The molecule has 0 radical (unpaired) electrons. The van der Waals surface area contributed by atoms with Crippen molar-refractivity contribution in [3.63, 3.8) is 0 Å². The van der Waals surface area contributed by atoms with Gasteiger partial charge >= 0.3 is 0 Å². The fourth-order valence-corrected chi connectivity index (χ4v) is 4.38. The molecule has 2 aromatic carbocycles. The SMILES string of the molecule is C=C[C@@H]1Cc2c([nH]c3ccccc23)[C@@H](c2ccc3c(c2)OCO3)NC(=O)CN(C)C1=O. The second-order valence-corrected chi connectivity index (χ2v) is 7.92. The van der Waals surface area contributed by atoms with E-state index in [-0.39, 0.29) is 25.2 Å². The van der Waals surface area contributed by atoms with Crippen LogP contribution in [-0.4, -0.2) is 42.1 Å². The molecule has 7 nitrogen and oxygen atoms in total. The first-order valence-electron chi connectivity index (χ1n) is 10.2. The molecule has 2 N–H and O–H groups in total. The average molecular weight is 417 g/mol. The van der Waals surface area contributed by atoms with Crippen LogP contribution in [0.25, 0.3) is 10.9 Å². The zero-order valence-corrected chi connectivity index (χ0v) is 17.2. The molecule has 0 bridgehead atoms. The number of aromatic amines is 1. The van der Waals surface area contributed by atoms with Crippen LogP contribution in [-0.2, 0) is 16.0 Å². The third kappa shape index (κ3) is 3.32. The van der Waals surface area contributed by atoms with E-state index in [2.05, 4.69) is 16.9 Å². The summed E-state index contributed by atoms with van der Waals surface area (Å²) >= 11 is 0. The molecule has 2 amide bonds. The Morgan fingerprint density at radius 1 is 1.13 bits per heavy atom. The molecule has 0 saturated heterocycles. The number of fused-ring (bicyclic) bond motifs is 4. The van der Waals surface area contributed by atoms with Crippen LogP contribution in [0.2, 0.25) is 0 Å². The Bertz CT molecular complexity index is 1200. The Morgan fingerprint density at radius 3 is 2.77 bits per heavy atom. The lowest BCUT2D eigenvalue weighted by Crippen LogP contribution is -2.43. The minimum atomic E-state index is -0.434. The zero-order valence-electron chi connectivity index (χ0n) is 17.2. The van der Waals surface area contributed by atoms with Gasteiger partial charge in [0.05, 0.1) is 18.5 Å². The molecule has 1 aromatic heterocycles. The summed E-state index contributed by atoms with van der Waals surface area (Å²) in [6, 6.07) is 13.2. The van der Waals surface area contributed by atoms with Gasteiger partial charge in [0.1, 0.15) is 0 Å². The summed E-state index contributed by atoms with van der Waals surface area (Å²) in [6.07, 6.45) is 2.16. The van der Waals surface area contributed by atoms with Crippen LogP contribution in [0.3, 0.4) is 0 Å². The number of benzene rings is 2. The number of nitrogens with zero attached hydrogens (tertiary/aromatic N) is 1. The molecule has 0 saturated carbocycles. The molecule has 3 aromatic rings. The maximum atomic E-state index is 12.9.